The number of carbonyl (C=O) groups is 2. The summed E-state index contributed by atoms with van der Waals surface area (Å²) in [4.78, 5) is 33.9. The van der Waals surface area contributed by atoms with E-state index in [4.69, 9.17) is 11.6 Å². The molecule has 0 atom stereocenters. The van der Waals surface area contributed by atoms with Gasteiger partial charge in [-0.25, -0.2) is 4.98 Å². The molecule has 1 N–H and O–H groups in total. The Labute approximate surface area is 204 Å². The number of fused-ring (bicyclic) bond motifs is 1. The summed E-state index contributed by atoms with van der Waals surface area (Å²) in [6.45, 7) is 3.00. The van der Waals surface area contributed by atoms with Crippen LogP contribution in [0.25, 0.3) is 0 Å². The molecule has 2 aliphatic heterocycles. The standard InChI is InChI=1S/C27H27ClN4O2/c28-23-7-10-25(29-17-23)30-26(33)20-12-14-31(15-13-20)27(34)21-5-8-24(9-6-21)32-16-11-19-3-1-2-4-22(19)18-32/h1-10,17,20H,11-16,18H2,(H,29,30,33). The number of aromatic nitrogens is 1. The molecule has 3 aromatic rings. The highest BCUT2D eigenvalue weighted by Gasteiger charge is 2.28. The summed E-state index contributed by atoms with van der Waals surface area (Å²) in [6.07, 6.45) is 3.81. The predicted octanol–water partition coefficient (Wildman–Crippen LogP) is 4.79. The molecule has 2 amide bonds. The summed E-state index contributed by atoms with van der Waals surface area (Å²) in [5.74, 6) is 0.319. The molecule has 2 aromatic carbocycles. The lowest BCUT2D eigenvalue weighted by Gasteiger charge is -2.32. The van der Waals surface area contributed by atoms with Crippen LogP contribution in [0.15, 0.2) is 66.9 Å². The van der Waals surface area contributed by atoms with E-state index in [9.17, 15) is 9.59 Å². The van der Waals surface area contributed by atoms with Crippen LogP contribution in [-0.2, 0) is 17.8 Å². The van der Waals surface area contributed by atoms with Crippen molar-refractivity contribution in [2.45, 2.75) is 25.8 Å². The first-order chi connectivity index (χ1) is 16.6. The van der Waals surface area contributed by atoms with E-state index in [1.54, 1.807) is 12.1 Å². The molecule has 1 aromatic heterocycles. The number of likely N-dealkylation sites (tertiary alicyclic amines) is 1. The molecule has 0 unspecified atom stereocenters. The van der Waals surface area contributed by atoms with Gasteiger partial charge in [0.1, 0.15) is 5.82 Å². The number of carbonyl (C=O) groups excluding carboxylic acids is 2. The van der Waals surface area contributed by atoms with Crippen molar-refractivity contribution in [2.75, 3.05) is 29.9 Å². The Morgan fingerprint density at radius 3 is 2.35 bits per heavy atom. The third-order valence-corrected chi connectivity index (χ3v) is 6.97. The van der Waals surface area contributed by atoms with Crippen LogP contribution in [0.4, 0.5) is 11.5 Å². The fourth-order valence-corrected chi connectivity index (χ4v) is 4.85. The second-order valence-electron chi connectivity index (χ2n) is 8.90. The molecule has 0 spiro atoms. The maximum Gasteiger partial charge on any atom is 0.253 e. The molecule has 0 aliphatic carbocycles. The Morgan fingerprint density at radius 2 is 1.65 bits per heavy atom. The average molecular weight is 475 g/mol. The van der Waals surface area contributed by atoms with E-state index in [0.29, 0.717) is 42.3 Å². The number of rotatable bonds is 4. The number of anilines is 2. The van der Waals surface area contributed by atoms with Gasteiger partial charge in [-0.3, -0.25) is 9.59 Å². The SMILES string of the molecule is O=C(Nc1ccc(Cl)cn1)C1CCN(C(=O)c2ccc(N3CCc4ccccc4C3)cc2)CC1. The zero-order valence-electron chi connectivity index (χ0n) is 18.9. The van der Waals surface area contributed by atoms with Crippen LogP contribution in [0.2, 0.25) is 5.02 Å². The van der Waals surface area contributed by atoms with Gasteiger partial charge in [-0.05, 0) is 66.8 Å². The summed E-state index contributed by atoms with van der Waals surface area (Å²) in [5, 5.41) is 3.37. The normalized spacial score (nSPS) is 16.1. The Bertz CT molecular complexity index is 1170. The van der Waals surface area contributed by atoms with Gasteiger partial charge in [0.05, 0.1) is 5.02 Å². The van der Waals surface area contributed by atoms with E-state index in [1.165, 1.54) is 17.3 Å². The number of hydrogen-bond donors (Lipinski definition) is 1. The summed E-state index contributed by atoms with van der Waals surface area (Å²) in [7, 11) is 0. The van der Waals surface area contributed by atoms with Crippen molar-refractivity contribution in [1.29, 1.82) is 0 Å². The van der Waals surface area contributed by atoms with Crippen LogP contribution in [-0.4, -0.2) is 41.3 Å². The molecule has 0 radical (unpaired) electrons. The molecular weight excluding hydrogens is 448 g/mol. The van der Waals surface area contributed by atoms with E-state index in [0.717, 1.165) is 25.2 Å². The molecule has 5 rings (SSSR count). The van der Waals surface area contributed by atoms with Crippen molar-refractivity contribution in [2.24, 2.45) is 5.92 Å². The van der Waals surface area contributed by atoms with Gasteiger partial charge in [-0.1, -0.05) is 35.9 Å². The van der Waals surface area contributed by atoms with Crippen molar-refractivity contribution >= 4 is 34.9 Å². The van der Waals surface area contributed by atoms with Crippen LogP contribution in [0, 0.1) is 5.92 Å². The van der Waals surface area contributed by atoms with Crippen molar-refractivity contribution in [1.82, 2.24) is 9.88 Å². The third kappa shape index (κ3) is 4.92. The first kappa shape index (κ1) is 22.4. The second-order valence-corrected chi connectivity index (χ2v) is 9.34. The first-order valence-corrected chi connectivity index (χ1v) is 12.1. The number of hydrogen-bond acceptors (Lipinski definition) is 4. The fraction of sp³-hybridized carbons (Fsp3) is 0.296. The lowest BCUT2D eigenvalue weighted by molar-refractivity contribution is -0.121. The Hall–Kier alpha value is -3.38. The smallest absolute Gasteiger partial charge is 0.253 e. The first-order valence-electron chi connectivity index (χ1n) is 11.7. The maximum absolute atomic E-state index is 13.0. The summed E-state index contributed by atoms with van der Waals surface area (Å²) in [6, 6.07) is 19.9. The van der Waals surface area contributed by atoms with E-state index in [-0.39, 0.29) is 17.7 Å². The minimum atomic E-state index is -0.133. The Balaban J connectivity index is 1.15. The van der Waals surface area contributed by atoms with Gasteiger partial charge >= 0.3 is 0 Å². The van der Waals surface area contributed by atoms with Gasteiger partial charge in [0, 0.05) is 49.5 Å². The van der Waals surface area contributed by atoms with Crippen LogP contribution in [0.5, 0.6) is 0 Å². The Morgan fingerprint density at radius 1 is 0.912 bits per heavy atom. The monoisotopic (exact) mass is 474 g/mol. The van der Waals surface area contributed by atoms with E-state index >= 15 is 0 Å². The van der Waals surface area contributed by atoms with Crippen molar-refractivity contribution in [3.63, 3.8) is 0 Å². The highest BCUT2D eigenvalue weighted by Crippen LogP contribution is 2.26. The molecule has 7 heteroatoms. The molecule has 34 heavy (non-hydrogen) atoms. The van der Waals surface area contributed by atoms with Crippen LogP contribution in [0.1, 0.15) is 34.3 Å². The number of nitrogens with zero attached hydrogens (tertiary/aromatic N) is 3. The highest BCUT2D eigenvalue weighted by atomic mass is 35.5. The Kier molecular flexibility index (Phi) is 6.50. The van der Waals surface area contributed by atoms with Crippen molar-refractivity contribution in [3.05, 3.63) is 88.6 Å². The highest BCUT2D eigenvalue weighted by molar-refractivity contribution is 6.30. The summed E-state index contributed by atoms with van der Waals surface area (Å²) in [5.41, 5.74) is 4.62. The lowest BCUT2D eigenvalue weighted by Crippen LogP contribution is -2.41. The molecule has 1 saturated heterocycles. The van der Waals surface area contributed by atoms with Gasteiger partial charge in [-0.15, -0.1) is 0 Å². The topological polar surface area (TPSA) is 65.5 Å². The van der Waals surface area contributed by atoms with Crippen LogP contribution < -0.4 is 10.2 Å². The maximum atomic E-state index is 13.0. The van der Waals surface area contributed by atoms with Gasteiger partial charge in [0.15, 0.2) is 0 Å². The van der Waals surface area contributed by atoms with Gasteiger partial charge in [0.2, 0.25) is 5.91 Å². The van der Waals surface area contributed by atoms with Gasteiger partial charge in [-0.2, -0.15) is 0 Å². The summed E-state index contributed by atoms with van der Waals surface area (Å²) < 4.78 is 0. The zero-order valence-corrected chi connectivity index (χ0v) is 19.7. The molecule has 0 saturated carbocycles. The fourth-order valence-electron chi connectivity index (χ4n) is 4.74. The quantitative estimate of drug-likeness (QED) is 0.590. The van der Waals surface area contributed by atoms with E-state index in [1.807, 2.05) is 29.2 Å². The van der Waals surface area contributed by atoms with Gasteiger partial charge in [0.25, 0.3) is 5.91 Å². The number of pyridine rings is 1. The molecular formula is C27H27ClN4O2. The molecule has 174 valence electrons. The van der Waals surface area contributed by atoms with Crippen LogP contribution >= 0.6 is 11.6 Å². The van der Waals surface area contributed by atoms with Gasteiger partial charge < -0.3 is 15.1 Å². The summed E-state index contributed by atoms with van der Waals surface area (Å²) >= 11 is 5.84. The average Bonchev–Trinajstić information content (AvgIpc) is 2.89. The van der Waals surface area contributed by atoms with E-state index in [2.05, 4.69) is 39.5 Å². The van der Waals surface area contributed by atoms with Crippen molar-refractivity contribution in [3.8, 4) is 0 Å². The number of piperidine rings is 1. The number of nitrogens with one attached hydrogen (secondary N) is 1. The third-order valence-electron chi connectivity index (χ3n) is 6.74. The van der Waals surface area contributed by atoms with E-state index < -0.39 is 0 Å². The molecule has 6 nitrogen and oxygen atoms in total. The minimum Gasteiger partial charge on any atom is -0.367 e. The number of benzene rings is 2. The van der Waals surface area contributed by atoms with Crippen LogP contribution in [0.3, 0.4) is 0 Å². The second kappa shape index (κ2) is 9.85. The predicted molar refractivity (Wildman–Crippen MR) is 134 cm³/mol. The number of halogens is 1. The zero-order chi connectivity index (χ0) is 23.5. The lowest BCUT2D eigenvalue weighted by atomic mass is 9.95. The number of amides is 2. The largest absolute Gasteiger partial charge is 0.367 e. The molecule has 2 aliphatic rings. The van der Waals surface area contributed by atoms with Crippen molar-refractivity contribution < 1.29 is 9.59 Å². The molecule has 1 fully saturated rings. The minimum absolute atomic E-state index is 0.0220. The molecule has 3 heterocycles. The molecule has 0 bridgehead atoms.